The highest BCUT2D eigenvalue weighted by Gasteiger charge is 2.10. The Morgan fingerprint density at radius 1 is 0.939 bits per heavy atom. The molecule has 0 saturated heterocycles. The maximum atomic E-state index is 12.0. The Morgan fingerprint density at radius 2 is 1.67 bits per heavy atom. The van der Waals surface area contributed by atoms with Gasteiger partial charge < -0.3 is 20.7 Å². The minimum absolute atomic E-state index is 0.0123. The van der Waals surface area contributed by atoms with E-state index in [2.05, 4.69) is 22.9 Å². The lowest BCUT2D eigenvalue weighted by molar-refractivity contribution is -0.145. The molecule has 8 heteroatoms. The Morgan fingerprint density at radius 3 is 2.36 bits per heavy atom. The van der Waals surface area contributed by atoms with Crippen molar-refractivity contribution in [3.05, 3.63) is 65.7 Å². The first-order chi connectivity index (χ1) is 16.0. The molecule has 2 rings (SSSR count). The topological polar surface area (TPSA) is 96.5 Å². The van der Waals surface area contributed by atoms with Crippen LogP contribution in [0.2, 0.25) is 0 Å². The highest BCUT2D eigenvalue weighted by Crippen LogP contribution is 2.10. The van der Waals surface area contributed by atoms with Crippen molar-refractivity contribution >= 4 is 40.8 Å². The van der Waals surface area contributed by atoms with Gasteiger partial charge in [0.25, 0.3) is 5.91 Å². The largest absolute Gasteiger partial charge is 0.466 e. The first kappa shape index (κ1) is 26.0. The van der Waals surface area contributed by atoms with E-state index in [9.17, 15) is 14.4 Å². The van der Waals surface area contributed by atoms with Gasteiger partial charge in [-0.2, -0.15) is 0 Å². The lowest BCUT2D eigenvalue weighted by Crippen LogP contribution is -2.34. The predicted molar refractivity (Wildman–Crippen MR) is 133 cm³/mol. The van der Waals surface area contributed by atoms with E-state index < -0.39 is 5.97 Å². The van der Waals surface area contributed by atoms with Crippen molar-refractivity contribution in [1.82, 2.24) is 10.6 Å². The van der Waals surface area contributed by atoms with Gasteiger partial charge in [-0.25, -0.2) is 0 Å². The van der Waals surface area contributed by atoms with E-state index in [0.717, 1.165) is 25.7 Å². The van der Waals surface area contributed by atoms with Crippen LogP contribution in [0.4, 0.5) is 5.69 Å². The Balaban J connectivity index is 1.61. The Bertz CT molecular complexity index is 917. The van der Waals surface area contributed by atoms with Crippen LogP contribution in [0.15, 0.2) is 54.6 Å². The van der Waals surface area contributed by atoms with Gasteiger partial charge in [0.15, 0.2) is 5.11 Å². The molecule has 0 radical (unpaired) electrons. The molecule has 33 heavy (non-hydrogen) atoms. The number of rotatable bonds is 12. The van der Waals surface area contributed by atoms with Gasteiger partial charge in [0.1, 0.15) is 0 Å². The standard InChI is InChI=1S/C25H31N3O4S/c1-2-3-17-26-24(31)20-11-13-21(14-12-20)27-25(33)28-22(29)15-16-23(30)32-18-7-10-19-8-5-4-6-9-19/h4-6,8-9,11-14H,2-3,7,10,15-18H2,1H3,(H,26,31)(H2,27,28,29,33). The second-order valence-corrected chi connectivity index (χ2v) is 7.91. The van der Waals surface area contributed by atoms with Crippen molar-refractivity contribution < 1.29 is 19.1 Å². The molecule has 0 heterocycles. The number of anilines is 1. The van der Waals surface area contributed by atoms with Gasteiger partial charge in [0.05, 0.1) is 13.0 Å². The number of benzene rings is 2. The Hall–Kier alpha value is -3.26. The smallest absolute Gasteiger partial charge is 0.306 e. The molecule has 0 spiro atoms. The number of carbonyl (C=O) groups excluding carboxylic acids is 3. The molecule has 0 aliphatic carbocycles. The number of carbonyl (C=O) groups is 3. The van der Waals surface area contributed by atoms with E-state index in [1.165, 1.54) is 5.56 Å². The van der Waals surface area contributed by atoms with Crippen molar-refractivity contribution in [1.29, 1.82) is 0 Å². The van der Waals surface area contributed by atoms with Gasteiger partial charge in [-0.15, -0.1) is 0 Å². The van der Waals surface area contributed by atoms with E-state index >= 15 is 0 Å². The SMILES string of the molecule is CCCCNC(=O)c1ccc(NC(=S)NC(=O)CCC(=O)OCCCc2ccccc2)cc1. The molecule has 176 valence electrons. The van der Waals surface area contributed by atoms with Crippen molar-refractivity contribution in [3.8, 4) is 0 Å². The number of aryl methyl sites for hydroxylation is 1. The van der Waals surface area contributed by atoms with Gasteiger partial charge in [-0.3, -0.25) is 14.4 Å². The number of thiocarbonyl (C=S) groups is 1. The number of esters is 1. The van der Waals surface area contributed by atoms with Crippen LogP contribution in [0, 0.1) is 0 Å². The highest BCUT2D eigenvalue weighted by atomic mass is 32.1. The average Bonchev–Trinajstić information content (AvgIpc) is 2.81. The van der Waals surface area contributed by atoms with Crippen LogP contribution in [0.25, 0.3) is 0 Å². The van der Waals surface area contributed by atoms with E-state index in [4.69, 9.17) is 17.0 Å². The van der Waals surface area contributed by atoms with Crippen LogP contribution >= 0.6 is 12.2 Å². The van der Waals surface area contributed by atoms with Crippen molar-refractivity contribution in [2.75, 3.05) is 18.5 Å². The molecule has 3 N–H and O–H groups in total. The highest BCUT2D eigenvalue weighted by molar-refractivity contribution is 7.80. The van der Waals surface area contributed by atoms with E-state index in [-0.39, 0.29) is 29.8 Å². The molecule has 0 saturated carbocycles. The van der Waals surface area contributed by atoms with Crippen molar-refractivity contribution in [2.45, 2.75) is 45.4 Å². The average molecular weight is 470 g/mol. The fraction of sp³-hybridized carbons (Fsp3) is 0.360. The van der Waals surface area contributed by atoms with Gasteiger partial charge in [0.2, 0.25) is 5.91 Å². The summed E-state index contributed by atoms with van der Waals surface area (Å²) in [5.74, 6) is -0.914. The molecule has 2 aromatic rings. The molecule has 0 bridgehead atoms. The maximum absolute atomic E-state index is 12.0. The molecular formula is C25H31N3O4S. The number of hydrogen-bond donors (Lipinski definition) is 3. The second-order valence-electron chi connectivity index (χ2n) is 7.50. The summed E-state index contributed by atoms with van der Waals surface area (Å²) >= 11 is 5.14. The quantitative estimate of drug-likeness (QED) is 0.247. The molecule has 0 aliphatic rings. The zero-order chi connectivity index (χ0) is 23.9. The van der Waals surface area contributed by atoms with E-state index in [0.29, 0.717) is 24.4 Å². The minimum Gasteiger partial charge on any atom is -0.466 e. The van der Waals surface area contributed by atoms with Crippen LogP contribution in [0.5, 0.6) is 0 Å². The number of nitrogens with one attached hydrogen (secondary N) is 3. The number of unbranched alkanes of at least 4 members (excludes halogenated alkanes) is 1. The summed E-state index contributed by atoms with van der Waals surface area (Å²) in [7, 11) is 0. The molecular weight excluding hydrogens is 438 g/mol. The third kappa shape index (κ3) is 10.7. The molecule has 0 atom stereocenters. The molecule has 0 unspecified atom stereocenters. The zero-order valence-corrected chi connectivity index (χ0v) is 19.7. The van der Waals surface area contributed by atoms with Gasteiger partial charge in [-0.05, 0) is 61.3 Å². The number of ether oxygens (including phenoxy) is 1. The Kier molecular flexibility index (Phi) is 11.6. The second kappa shape index (κ2) is 14.7. The first-order valence-corrected chi connectivity index (χ1v) is 11.6. The summed E-state index contributed by atoms with van der Waals surface area (Å²) < 4.78 is 5.18. The lowest BCUT2D eigenvalue weighted by Gasteiger charge is -2.10. The first-order valence-electron chi connectivity index (χ1n) is 11.2. The van der Waals surface area contributed by atoms with Gasteiger partial charge >= 0.3 is 5.97 Å². The summed E-state index contributed by atoms with van der Waals surface area (Å²) in [5.41, 5.74) is 2.39. The number of amides is 2. The van der Waals surface area contributed by atoms with Crippen LogP contribution < -0.4 is 16.0 Å². The molecule has 0 aliphatic heterocycles. The minimum atomic E-state index is -0.412. The fourth-order valence-electron chi connectivity index (χ4n) is 2.93. The van der Waals surface area contributed by atoms with Gasteiger partial charge in [0, 0.05) is 24.2 Å². The van der Waals surface area contributed by atoms with Crippen molar-refractivity contribution in [2.24, 2.45) is 0 Å². The van der Waals surface area contributed by atoms with Crippen LogP contribution in [-0.4, -0.2) is 36.0 Å². The zero-order valence-electron chi connectivity index (χ0n) is 18.9. The van der Waals surface area contributed by atoms with E-state index in [1.54, 1.807) is 24.3 Å². The summed E-state index contributed by atoms with van der Waals surface area (Å²) in [6.07, 6.45) is 3.49. The summed E-state index contributed by atoms with van der Waals surface area (Å²) in [4.78, 5) is 35.9. The molecule has 2 aromatic carbocycles. The van der Waals surface area contributed by atoms with Gasteiger partial charge in [-0.1, -0.05) is 43.7 Å². The number of hydrogen-bond acceptors (Lipinski definition) is 5. The summed E-state index contributed by atoms with van der Waals surface area (Å²) in [6.45, 7) is 3.03. The van der Waals surface area contributed by atoms with Crippen molar-refractivity contribution in [3.63, 3.8) is 0 Å². The maximum Gasteiger partial charge on any atom is 0.306 e. The van der Waals surface area contributed by atoms with Crippen LogP contribution in [0.1, 0.15) is 54.9 Å². The molecule has 2 amide bonds. The molecule has 0 aromatic heterocycles. The lowest BCUT2D eigenvalue weighted by atomic mass is 10.1. The summed E-state index contributed by atoms with van der Waals surface area (Å²) in [6, 6.07) is 16.8. The van der Waals surface area contributed by atoms with E-state index in [1.807, 2.05) is 30.3 Å². The third-order valence-electron chi connectivity index (χ3n) is 4.75. The normalized spacial score (nSPS) is 10.2. The third-order valence-corrected chi connectivity index (χ3v) is 4.95. The molecule has 0 fully saturated rings. The monoisotopic (exact) mass is 469 g/mol. The molecule has 7 nitrogen and oxygen atoms in total. The Labute approximate surface area is 200 Å². The fourth-order valence-corrected chi connectivity index (χ4v) is 3.16. The van der Waals surface area contributed by atoms with Crippen LogP contribution in [0.3, 0.4) is 0 Å². The predicted octanol–water partition coefficient (Wildman–Crippen LogP) is 3.99. The summed E-state index contributed by atoms with van der Waals surface area (Å²) in [5, 5.41) is 8.40. The van der Waals surface area contributed by atoms with Crippen LogP contribution in [-0.2, 0) is 20.7 Å².